The van der Waals surface area contributed by atoms with E-state index in [9.17, 15) is 23.6 Å². The Hall–Kier alpha value is -3.35. The molecule has 150 valence electrons. The van der Waals surface area contributed by atoms with Crippen LogP contribution in [-0.2, 0) is 14.8 Å². The summed E-state index contributed by atoms with van der Waals surface area (Å²) in [7, 11) is -3.56. The Morgan fingerprint density at radius 2 is 1.76 bits per heavy atom. The number of phenols is 1. The minimum atomic E-state index is -3.56. The van der Waals surface area contributed by atoms with Crippen molar-refractivity contribution in [3.8, 4) is 11.8 Å². The number of nitrogens with one attached hydrogen (secondary N) is 1. The molecule has 8 nitrogen and oxygen atoms in total. The van der Waals surface area contributed by atoms with Crippen LogP contribution < -0.4 is 5.32 Å². The van der Waals surface area contributed by atoms with E-state index in [0.717, 1.165) is 0 Å². The average molecular weight is 412 g/mol. The number of sulfonamides is 1. The van der Waals surface area contributed by atoms with Gasteiger partial charge in [0, 0.05) is 44.1 Å². The molecule has 3 rings (SSSR count). The van der Waals surface area contributed by atoms with Crippen LogP contribution in [-0.4, -0.2) is 54.8 Å². The number of anilines is 1. The number of amides is 1. The van der Waals surface area contributed by atoms with Gasteiger partial charge in [-0.15, -0.1) is 0 Å². The number of piperazine rings is 1. The number of phenolic OH excluding ortho intramolecular Hbond substituents is 1. The zero-order valence-corrected chi connectivity index (χ0v) is 16.3. The molecule has 1 fully saturated rings. The van der Waals surface area contributed by atoms with Gasteiger partial charge in [0.2, 0.25) is 10.0 Å². The molecule has 2 aromatic rings. The molecule has 29 heavy (non-hydrogen) atoms. The lowest BCUT2D eigenvalue weighted by atomic mass is 10.2. The molecule has 0 radical (unpaired) electrons. The fourth-order valence-electron chi connectivity index (χ4n) is 2.92. The fourth-order valence-corrected chi connectivity index (χ4v) is 4.36. The second-order valence-corrected chi connectivity index (χ2v) is 8.35. The van der Waals surface area contributed by atoms with Gasteiger partial charge in [0.1, 0.15) is 17.4 Å². The van der Waals surface area contributed by atoms with E-state index >= 15 is 0 Å². The van der Waals surface area contributed by atoms with Crippen molar-refractivity contribution < 1.29 is 18.3 Å². The summed E-state index contributed by atoms with van der Waals surface area (Å²) in [4.78, 5) is 14.3. The highest BCUT2D eigenvalue weighted by atomic mass is 32.2. The largest absolute Gasteiger partial charge is 0.508 e. The molecule has 0 spiro atoms. The van der Waals surface area contributed by atoms with Crippen LogP contribution in [0.1, 0.15) is 0 Å². The molecule has 0 aliphatic carbocycles. The van der Waals surface area contributed by atoms with Crippen molar-refractivity contribution in [2.24, 2.45) is 0 Å². The molecule has 1 amide bonds. The van der Waals surface area contributed by atoms with Crippen LogP contribution in [0.15, 0.2) is 71.3 Å². The van der Waals surface area contributed by atoms with E-state index in [-0.39, 0.29) is 29.3 Å². The summed E-state index contributed by atoms with van der Waals surface area (Å²) in [5.41, 5.74) is 0.266. The van der Waals surface area contributed by atoms with Crippen LogP contribution in [0.2, 0.25) is 0 Å². The molecule has 1 saturated heterocycles. The molecule has 1 heterocycles. The van der Waals surface area contributed by atoms with E-state index < -0.39 is 15.9 Å². The van der Waals surface area contributed by atoms with E-state index in [1.807, 2.05) is 6.07 Å². The predicted octanol–water partition coefficient (Wildman–Crippen LogP) is 1.74. The van der Waals surface area contributed by atoms with Crippen molar-refractivity contribution in [2.45, 2.75) is 4.90 Å². The molecule has 0 saturated carbocycles. The Morgan fingerprint density at radius 1 is 1.07 bits per heavy atom. The van der Waals surface area contributed by atoms with Crippen LogP contribution in [0.25, 0.3) is 0 Å². The van der Waals surface area contributed by atoms with Gasteiger partial charge in [-0.05, 0) is 24.3 Å². The quantitative estimate of drug-likeness (QED) is 0.571. The third kappa shape index (κ3) is 4.93. The molecule has 0 atom stereocenters. The lowest BCUT2D eigenvalue weighted by Crippen LogP contribution is -2.46. The molecule has 0 unspecified atom stereocenters. The first-order valence-electron chi connectivity index (χ1n) is 8.92. The van der Waals surface area contributed by atoms with Crippen LogP contribution in [0.4, 0.5) is 5.69 Å². The van der Waals surface area contributed by atoms with E-state index in [4.69, 9.17) is 0 Å². The number of aromatic hydroxyl groups is 1. The van der Waals surface area contributed by atoms with Crippen molar-refractivity contribution in [1.29, 1.82) is 5.26 Å². The van der Waals surface area contributed by atoms with Crippen LogP contribution >= 0.6 is 0 Å². The summed E-state index contributed by atoms with van der Waals surface area (Å²) in [6, 6.07) is 16.1. The molecule has 2 N–H and O–H groups in total. The summed E-state index contributed by atoms with van der Waals surface area (Å²) in [6.45, 7) is 1.22. The second-order valence-electron chi connectivity index (χ2n) is 6.41. The third-order valence-electron chi connectivity index (χ3n) is 4.43. The summed E-state index contributed by atoms with van der Waals surface area (Å²) in [6.07, 6.45) is 1.44. The van der Waals surface area contributed by atoms with E-state index in [1.54, 1.807) is 47.4 Å². The molecule has 0 bridgehead atoms. The molecular weight excluding hydrogens is 392 g/mol. The summed E-state index contributed by atoms with van der Waals surface area (Å²) in [5, 5.41) is 21.3. The van der Waals surface area contributed by atoms with Crippen molar-refractivity contribution in [2.75, 3.05) is 31.5 Å². The third-order valence-corrected chi connectivity index (χ3v) is 6.35. The number of nitriles is 1. The molecule has 2 aromatic carbocycles. The standard InChI is InChI=1S/C20H20N4O4S/c21-14-16(20(26)22-17-5-4-6-18(25)13-17)15-23-9-11-24(12-10-23)29(27,28)19-7-2-1-3-8-19/h1-8,13,15,25H,9-12H2,(H,22,26)/b16-15-. The highest BCUT2D eigenvalue weighted by Gasteiger charge is 2.28. The number of hydrogen-bond acceptors (Lipinski definition) is 6. The van der Waals surface area contributed by atoms with Gasteiger partial charge in [0.05, 0.1) is 4.90 Å². The van der Waals surface area contributed by atoms with Gasteiger partial charge in [0.15, 0.2) is 0 Å². The fraction of sp³-hybridized carbons (Fsp3) is 0.200. The van der Waals surface area contributed by atoms with Gasteiger partial charge in [-0.2, -0.15) is 9.57 Å². The maximum absolute atomic E-state index is 12.7. The first-order chi connectivity index (χ1) is 13.9. The number of rotatable bonds is 5. The Bertz CT molecular complexity index is 1050. The molecule has 1 aliphatic heterocycles. The van der Waals surface area contributed by atoms with Crippen molar-refractivity contribution >= 4 is 21.6 Å². The highest BCUT2D eigenvalue weighted by molar-refractivity contribution is 7.89. The topological polar surface area (TPSA) is 114 Å². The normalized spacial score (nSPS) is 15.6. The summed E-state index contributed by atoms with van der Waals surface area (Å²) < 4.78 is 26.7. The Balaban J connectivity index is 1.64. The maximum atomic E-state index is 12.7. The van der Waals surface area contributed by atoms with Gasteiger partial charge in [0.25, 0.3) is 5.91 Å². The molecule has 0 aromatic heterocycles. The van der Waals surface area contributed by atoms with Crippen LogP contribution in [0.5, 0.6) is 5.75 Å². The van der Waals surface area contributed by atoms with Crippen LogP contribution in [0.3, 0.4) is 0 Å². The summed E-state index contributed by atoms with van der Waals surface area (Å²) in [5.74, 6) is -0.599. The lowest BCUT2D eigenvalue weighted by molar-refractivity contribution is -0.112. The monoisotopic (exact) mass is 412 g/mol. The Labute approximate surface area is 169 Å². The average Bonchev–Trinajstić information content (AvgIpc) is 2.73. The number of hydrogen-bond donors (Lipinski definition) is 2. The zero-order chi connectivity index (χ0) is 20.9. The number of benzene rings is 2. The summed E-state index contributed by atoms with van der Waals surface area (Å²) >= 11 is 0. The molecule has 9 heteroatoms. The van der Waals surface area contributed by atoms with E-state index in [2.05, 4.69) is 5.32 Å². The smallest absolute Gasteiger partial charge is 0.267 e. The van der Waals surface area contributed by atoms with E-state index in [1.165, 1.54) is 22.6 Å². The first kappa shape index (κ1) is 20.4. The van der Waals surface area contributed by atoms with Gasteiger partial charge < -0.3 is 15.3 Å². The van der Waals surface area contributed by atoms with Gasteiger partial charge in [-0.25, -0.2) is 8.42 Å². The Kier molecular flexibility index (Phi) is 6.16. The highest BCUT2D eigenvalue weighted by Crippen LogP contribution is 2.19. The minimum Gasteiger partial charge on any atom is -0.508 e. The molecular formula is C20H20N4O4S. The minimum absolute atomic E-state index is 0.000958. The van der Waals surface area contributed by atoms with E-state index in [0.29, 0.717) is 18.8 Å². The van der Waals surface area contributed by atoms with Gasteiger partial charge >= 0.3 is 0 Å². The SMILES string of the molecule is N#C/C(=C/N1CCN(S(=O)(=O)c2ccccc2)CC1)C(=O)Nc1cccc(O)c1. The van der Waals surface area contributed by atoms with Crippen molar-refractivity contribution in [1.82, 2.24) is 9.21 Å². The zero-order valence-electron chi connectivity index (χ0n) is 15.5. The van der Waals surface area contributed by atoms with Crippen molar-refractivity contribution in [3.05, 3.63) is 66.4 Å². The number of carbonyl (C=O) groups is 1. The van der Waals surface area contributed by atoms with Gasteiger partial charge in [-0.3, -0.25) is 4.79 Å². The molecule has 1 aliphatic rings. The van der Waals surface area contributed by atoms with Crippen molar-refractivity contribution in [3.63, 3.8) is 0 Å². The lowest BCUT2D eigenvalue weighted by Gasteiger charge is -2.33. The Morgan fingerprint density at radius 3 is 2.38 bits per heavy atom. The predicted molar refractivity (Wildman–Crippen MR) is 107 cm³/mol. The number of carbonyl (C=O) groups excluding carboxylic acids is 1. The van der Waals surface area contributed by atoms with Crippen LogP contribution in [0, 0.1) is 11.3 Å². The maximum Gasteiger partial charge on any atom is 0.267 e. The van der Waals surface area contributed by atoms with Gasteiger partial charge in [-0.1, -0.05) is 24.3 Å². The number of nitrogens with zero attached hydrogens (tertiary/aromatic N) is 3. The first-order valence-corrected chi connectivity index (χ1v) is 10.4. The second kappa shape index (κ2) is 8.77.